The molecule has 25 heavy (non-hydrogen) atoms. The van der Waals surface area contributed by atoms with Gasteiger partial charge in [0.2, 0.25) is 0 Å². The summed E-state index contributed by atoms with van der Waals surface area (Å²) < 4.78 is 0. The lowest BCUT2D eigenvalue weighted by atomic mass is 10.0. The second kappa shape index (κ2) is 7.49. The van der Waals surface area contributed by atoms with E-state index >= 15 is 0 Å². The third-order valence-electron chi connectivity index (χ3n) is 5.77. The van der Waals surface area contributed by atoms with Gasteiger partial charge in [0.15, 0.2) is 0 Å². The maximum Gasteiger partial charge on any atom is 0.0649 e. The van der Waals surface area contributed by atoms with Gasteiger partial charge in [0, 0.05) is 37.9 Å². The van der Waals surface area contributed by atoms with Crippen molar-refractivity contribution in [2.45, 2.75) is 32.2 Å². The van der Waals surface area contributed by atoms with E-state index < -0.39 is 0 Å². The van der Waals surface area contributed by atoms with Crippen LogP contribution in [0.3, 0.4) is 0 Å². The predicted molar refractivity (Wildman–Crippen MR) is 107 cm³/mol. The molecule has 3 heteroatoms. The summed E-state index contributed by atoms with van der Waals surface area (Å²) in [7, 11) is 0. The summed E-state index contributed by atoms with van der Waals surface area (Å²) in [5, 5.41) is 0. The molecule has 2 aliphatic heterocycles. The van der Waals surface area contributed by atoms with Gasteiger partial charge in [0.1, 0.15) is 0 Å². The van der Waals surface area contributed by atoms with Crippen LogP contribution in [0.15, 0.2) is 54.6 Å². The molecule has 2 heterocycles. The summed E-state index contributed by atoms with van der Waals surface area (Å²) in [4.78, 5) is 7.71. The van der Waals surface area contributed by atoms with Crippen molar-refractivity contribution in [3.63, 3.8) is 0 Å². The minimum absolute atomic E-state index is 0.745. The molecule has 4 rings (SSSR count). The Kier molecular flexibility index (Phi) is 4.93. The van der Waals surface area contributed by atoms with E-state index in [4.69, 9.17) is 0 Å². The van der Waals surface area contributed by atoms with Crippen LogP contribution in [0.25, 0.3) is 0 Å². The smallest absolute Gasteiger partial charge is 0.0649 e. The van der Waals surface area contributed by atoms with Crippen LogP contribution in [0.2, 0.25) is 0 Å². The minimum Gasteiger partial charge on any atom is -0.367 e. The molecule has 0 unspecified atom stereocenters. The van der Waals surface area contributed by atoms with E-state index in [1.165, 1.54) is 49.4 Å². The molecule has 2 aromatic rings. The first-order chi connectivity index (χ1) is 12.3. The SMILES string of the molecule is C[C@@H]1CCCCN1CCN1CCN(c2ccccc2)c2ccccc21. The van der Waals surface area contributed by atoms with Gasteiger partial charge in [0.25, 0.3) is 0 Å². The Balaban J connectivity index is 1.51. The fraction of sp³-hybridized carbons (Fsp3) is 0.455. The van der Waals surface area contributed by atoms with Gasteiger partial charge < -0.3 is 9.80 Å². The zero-order chi connectivity index (χ0) is 17.1. The van der Waals surface area contributed by atoms with E-state index in [9.17, 15) is 0 Å². The second-order valence-corrected chi connectivity index (χ2v) is 7.34. The summed E-state index contributed by atoms with van der Waals surface area (Å²) in [5.74, 6) is 0. The van der Waals surface area contributed by atoms with Crippen molar-refractivity contribution in [2.24, 2.45) is 0 Å². The van der Waals surface area contributed by atoms with Crippen LogP contribution in [0.1, 0.15) is 26.2 Å². The maximum atomic E-state index is 2.68. The molecule has 1 fully saturated rings. The molecule has 0 amide bonds. The summed E-state index contributed by atoms with van der Waals surface area (Å²) >= 11 is 0. The number of likely N-dealkylation sites (tertiary alicyclic amines) is 1. The predicted octanol–water partition coefficient (Wildman–Crippen LogP) is 4.52. The third kappa shape index (κ3) is 3.52. The van der Waals surface area contributed by atoms with Gasteiger partial charge in [0.05, 0.1) is 11.4 Å². The highest BCUT2D eigenvalue weighted by molar-refractivity contribution is 5.79. The molecule has 0 aromatic heterocycles. The standard InChI is InChI=1S/C22H29N3/c1-19-9-7-8-14-23(19)15-16-24-17-18-25(20-10-3-2-4-11-20)22-13-6-5-12-21(22)24/h2-6,10-13,19H,7-9,14-18H2,1H3/t19-/m1/s1. The average molecular weight is 335 g/mol. The highest BCUT2D eigenvalue weighted by Gasteiger charge is 2.24. The Hall–Kier alpha value is -2.00. The summed E-state index contributed by atoms with van der Waals surface area (Å²) in [6.45, 7) is 8.11. The molecule has 0 spiro atoms. The van der Waals surface area contributed by atoms with E-state index in [-0.39, 0.29) is 0 Å². The van der Waals surface area contributed by atoms with Gasteiger partial charge in [-0.15, -0.1) is 0 Å². The second-order valence-electron chi connectivity index (χ2n) is 7.34. The van der Waals surface area contributed by atoms with Gasteiger partial charge in [-0.1, -0.05) is 36.8 Å². The fourth-order valence-electron chi connectivity index (χ4n) is 4.27. The lowest BCUT2D eigenvalue weighted by Gasteiger charge is -2.41. The molecule has 2 aromatic carbocycles. The van der Waals surface area contributed by atoms with Crippen molar-refractivity contribution in [3.05, 3.63) is 54.6 Å². The summed E-state index contributed by atoms with van der Waals surface area (Å²) in [6.07, 6.45) is 4.12. The lowest BCUT2D eigenvalue weighted by molar-refractivity contribution is 0.164. The van der Waals surface area contributed by atoms with Crippen LogP contribution >= 0.6 is 0 Å². The van der Waals surface area contributed by atoms with Crippen molar-refractivity contribution in [1.29, 1.82) is 0 Å². The zero-order valence-electron chi connectivity index (χ0n) is 15.3. The van der Waals surface area contributed by atoms with Crippen molar-refractivity contribution in [1.82, 2.24) is 4.90 Å². The van der Waals surface area contributed by atoms with Crippen LogP contribution in [0, 0.1) is 0 Å². The zero-order valence-corrected chi connectivity index (χ0v) is 15.3. The fourth-order valence-corrected chi connectivity index (χ4v) is 4.27. The first-order valence-corrected chi connectivity index (χ1v) is 9.73. The number of anilines is 3. The molecule has 0 bridgehead atoms. The number of nitrogens with zero attached hydrogens (tertiary/aromatic N) is 3. The van der Waals surface area contributed by atoms with Crippen molar-refractivity contribution in [2.75, 3.05) is 42.5 Å². The lowest BCUT2D eigenvalue weighted by Crippen LogP contribution is -2.45. The van der Waals surface area contributed by atoms with Gasteiger partial charge in [-0.3, -0.25) is 4.90 Å². The molecule has 0 aliphatic carbocycles. The molecular weight excluding hydrogens is 306 g/mol. The van der Waals surface area contributed by atoms with Crippen molar-refractivity contribution >= 4 is 17.1 Å². The highest BCUT2D eigenvalue weighted by atomic mass is 15.3. The van der Waals surface area contributed by atoms with Gasteiger partial charge >= 0.3 is 0 Å². The Bertz CT molecular complexity index is 685. The molecule has 2 aliphatic rings. The number of piperidine rings is 1. The Labute approximate surface area is 151 Å². The van der Waals surface area contributed by atoms with E-state index in [1.54, 1.807) is 0 Å². The minimum atomic E-state index is 0.745. The van der Waals surface area contributed by atoms with E-state index in [0.717, 1.165) is 25.7 Å². The van der Waals surface area contributed by atoms with Crippen LogP contribution in [0.4, 0.5) is 17.1 Å². The Morgan fingerprint density at radius 2 is 1.56 bits per heavy atom. The molecule has 0 saturated carbocycles. The van der Waals surface area contributed by atoms with Gasteiger partial charge in [-0.05, 0) is 50.6 Å². The largest absolute Gasteiger partial charge is 0.367 e. The molecule has 132 valence electrons. The normalized spacial score (nSPS) is 21.2. The molecule has 1 atom stereocenters. The van der Waals surface area contributed by atoms with E-state index in [1.807, 2.05) is 0 Å². The quantitative estimate of drug-likeness (QED) is 0.813. The highest BCUT2D eigenvalue weighted by Crippen LogP contribution is 2.37. The van der Waals surface area contributed by atoms with Gasteiger partial charge in [-0.25, -0.2) is 0 Å². The molecule has 0 radical (unpaired) electrons. The number of benzene rings is 2. The van der Waals surface area contributed by atoms with Gasteiger partial charge in [-0.2, -0.15) is 0 Å². The third-order valence-corrected chi connectivity index (χ3v) is 5.77. The number of fused-ring (bicyclic) bond motifs is 1. The monoisotopic (exact) mass is 335 g/mol. The first kappa shape index (κ1) is 16.5. The van der Waals surface area contributed by atoms with E-state index in [2.05, 4.69) is 76.2 Å². The Morgan fingerprint density at radius 1 is 0.800 bits per heavy atom. The topological polar surface area (TPSA) is 9.72 Å². The number of hydrogen-bond acceptors (Lipinski definition) is 3. The summed E-state index contributed by atoms with van der Waals surface area (Å²) in [5.41, 5.74) is 4.01. The number of hydrogen-bond donors (Lipinski definition) is 0. The van der Waals surface area contributed by atoms with Crippen LogP contribution in [-0.2, 0) is 0 Å². The summed E-state index contributed by atoms with van der Waals surface area (Å²) in [6, 6.07) is 20.4. The van der Waals surface area contributed by atoms with Crippen molar-refractivity contribution < 1.29 is 0 Å². The van der Waals surface area contributed by atoms with E-state index in [0.29, 0.717) is 0 Å². The van der Waals surface area contributed by atoms with Crippen LogP contribution in [0.5, 0.6) is 0 Å². The molecular formula is C22H29N3. The van der Waals surface area contributed by atoms with Crippen LogP contribution in [-0.4, -0.2) is 43.7 Å². The maximum absolute atomic E-state index is 2.68. The first-order valence-electron chi connectivity index (χ1n) is 9.73. The Morgan fingerprint density at radius 3 is 2.36 bits per heavy atom. The number of para-hydroxylation sites is 3. The molecule has 1 saturated heterocycles. The molecule has 0 N–H and O–H groups in total. The van der Waals surface area contributed by atoms with Crippen molar-refractivity contribution in [3.8, 4) is 0 Å². The average Bonchev–Trinajstić information content (AvgIpc) is 2.68. The van der Waals surface area contributed by atoms with Crippen LogP contribution < -0.4 is 9.80 Å². The number of rotatable bonds is 4. The molecule has 3 nitrogen and oxygen atoms in total.